The largest absolute Gasteiger partial charge is 0.508 e. The van der Waals surface area contributed by atoms with Gasteiger partial charge in [0.1, 0.15) is 11.5 Å². The summed E-state index contributed by atoms with van der Waals surface area (Å²) in [5.41, 5.74) is 2.91. The van der Waals surface area contributed by atoms with Crippen molar-refractivity contribution in [3.8, 4) is 5.75 Å². The summed E-state index contributed by atoms with van der Waals surface area (Å²) >= 11 is 0. The Labute approximate surface area is 228 Å². The number of amides is 1. The molecule has 1 heterocycles. The minimum atomic E-state index is -1.00. The lowest BCUT2D eigenvalue weighted by Gasteiger charge is -2.26. The van der Waals surface area contributed by atoms with E-state index >= 15 is 0 Å². The Morgan fingerprint density at radius 2 is 1.64 bits per heavy atom. The van der Waals surface area contributed by atoms with Crippen molar-refractivity contribution in [3.63, 3.8) is 0 Å². The highest BCUT2D eigenvalue weighted by molar-refractivity contribution is 6.51. The first-order valence-corrected chi connectivity index (χ1v) is 12.8. The van der Waals surface area contributed by atoms with Gasteiger partial charge in [-0.3, -0.25) is 14.5 Å². The molecule has 3 aromatic rings. The number of carbonyl (C=O) groups excluding carboxylic acids is 3. The van der Waals surface area contributed by atoms with Crippen molar-refractivity contribution in [3.05, 3.63) is 100 Å². The van der Waals surface area contributed by atoms with E-state index in [1.165, 1.54) is 23.1 Å². The van der Waals surface area contributed by atoms with Crippen molar-refractivity contribution in [2.45, 2.75) is 59.1 Å². The van der Waals surface area contributed by atoms with Crippen LogP contribution >= 0.6 is 0 Å². The maximum Gasteiger partial charge on any atom is 0.338 e. The molecule has 3 aromatic carbocycles. The molecule has 2 N–H and O–H groups in total. The lowest BCUT2D eigenvalue weighted by Crippen LogP contribution is -2.29. The van der Waals surface area contributed by atoms with Crippen LogP contribution in [0.25, 0.3) is 5.76 Å². The summed E-state index contributed by atoms with van der Waals surface area (Å²) in [4.78, 5) is 41.0. The van der Waals surface area contributed by atoms with E-state index in [1.807, 2.05) is 45.9 Å². The van der Waals surface area contributed by atoms with Gasteiger partial charge in [-0.05, 0) is 79.3 Å². The molecule has 7 heteroatoms. The first-order valence-electron chi connectivity index (χ1n) is 12.8. The quantitative estimate of drug-likeness (QED) is 0.177. The SMILES string of the molecule is Cc1ccc(C(C)(C)C)cc1/C(O)=C1\C(=O)C(=O)N(c2cccc(C(=O)OC(C)C)c2)C1c1ccc(O)cc1. The third-order valence-electron chi connectivity index (χ3n) is 6.71. The Kier molecular flexibility index (Phi) is 7.37. The Morgan fingerprint density at radius 3 is 2.26 bits per heavy atom. The van der Waals surface area contributed by atoms with Gasteiger partial charge in [0.05, 0.1) is 23.3 Å². The lowest BCUT2D eigenvalue weighted by molar-refractivity contribution is -0.132. The number of ether oxygens (including phenoxy) is 1. The van der Waals surface area contributed by atoms with E-state index in [9.17, 15) is 24.6 Å². The molecule has 1 saturated heterocycles. The molecule has 0 radical (unpaired) electrons. The van der Waals surface area contributed by atoms with Crippen LogP contribution in [0.5, 0.6) is 5.75 Å². The van der Waals surface area contributed by atoms with Crippen LogP contribution in [0.2, 0.25) is 0 Å². The second-order valence-corrected chi connectivity index (χ2v) is 11.0. The van der Waals surface area contributed by atoms with Crippen LogP contribution in [-0.2, 0) is 19.7 Å². The van der Waals surface area contributed by atoms with Gasteiger partial charge in [0.25, 0.3) is 11.7 Å². The first-order chi connectivity index (χ1) is 18.3. The molecule has 0 saturated carbocycles. The minimum absolute atomic E-state index is 0.0165. The number of nitrogens with zero attached hydrogens (tertiary/aromatic N) is 1. The van der Waals surface area contributed by atoms with Gasteiger partial charge in [-0.15, -0.1) is 0 Å². The van der Waals surface area contributed by atoms with Crippen molar-refractivity contribution < 1.29 is 29.3 Å². The number of rotatable bonds is 5. The second-order valence-electron chi connectivity index (χ2n) is 11.0. The summed E-state index contributed by atoms with van der Waals surface area (Å²) in [6.07, 6.45) is -0.334. The average molecular weight is 528 g/mol. The number of anilines is 1. The van der Waals surface area contributed by atoms with Gasteiger partial charge in [0.15, 0.2) is 0 Å². The van der Waals surface area contributed by atoms with Crippen LogP contribution < -0.4 is 4.90 Å². The predicted molar refractivity (Wildman–Crippen MR) is 150 cm³/mol. The van der Waals surface area contributed by atoms with Crippen LogP contribution in [0.3, 0.4) is 0 Å². The van der Waals surface area contributed by atoms with Crippen LogP contribution in [0.15, 0.2) is 72.3 Å². The topological polar surface area (TPSA) is 104 Å². The van der Waals surface area contributed by atoms with Gasteiger partial charge in [0.2, 0.25) is 0 Å². The number of hydrogen-bond acceptors (Lipinski definition) is 6. The molecular weight excluding hydrogens is 494 g/mol. The molecular formula is C32H33NO6. The molecule has 1 amide bonds. The smallest absolute Gasteiger partial charge is 0.338 e. The summed E-state index contributed by atoms with van der Waals surface area (Å²) in [6, 6.07) is 17.1. The zero-order valence-electron chi connectivity index (χ0n) is 23.0. The number of phenols is 1. The molecule has 1 fully saturated rings. The van der Waals surface area contributed by atoms with Crippen molar-refractivity contribution in [2.24, 2.45) is 0 Å². The lowest BCUT2D eigenvalue weighted by atomic mass is 9.84. The number of esters is 1. The highest BCUT2D eigenvalue weighted by Crippen LogP contribution is 2.43. The van der Waals surface area contributed by atoms with Crippen LogP contribution in [-0.4, -0.2) is 34.0 Å². The highest BCUT2D eigenvalue weighted by Gasteiger charge is 2.47. The van der Waals surface area contributed by atoms with E-state index in [1.54, 1.807) is 44.2 Å². The third-order valence-corrected chi connectivity index (χ3v) is 6.71. The molecule has 1 aliphatic heterocycles. The Hall–Kier alpha value is -4.39. The van der Waals surface area contributed by atoms with Gasteiger partial charge in [-0.1, -0.05) is 51.1 Å². The minimum Gasteiger partial charge on any atom is -0.508 e. The highest BCUT2D eigenvalue weighted by atomic mass is 16.5. The van der Waals surface area contributed by atoms with E-state index in [0.29, 0.717) is 16.8 Å². The molecule has 4 rings (SSSR count). The standard InChI is InChI=1S/C32H33NO6/c1-18(2)39-31(38)21-8-7-9-23(16-21)33-27(20-11-14-24(34)15-12-20)26(29(36)30(33)37)28(35)25-17-22(32(4,5)6)13-10-19(25)3/h7-18,27,34-35H,1-6H3/b28-26+. The van der Waals surface area contributed by atoms with E-state index in [2.05, 4.69) is 0 Å². The third kappa shape index (κ3) is 5.43. The summed E-state index contributed by atoms with van der Waals surface area (Å²) in [5.74, 6) is -2.51. The number of benzene rings is 3. The fourth-order valence-corrected chi connectivity index (χ4v) is 4.62. The number of ketones is 1. The van der Waals surface area contributed by atoms with Gasteiger partial charge in [-0.25, -0.2) is 4.79 Å². The van der Waals surface area contributed by atoms with E-state index in [4.69, 9.17) is 4.74 Å². The summed E-state index contributed by atoms with van der Waals surface area (Å²) < 4.78 is 5.31. The number of aliphatic hydroxyl groups is 1. The van der Waals surface area contributed by atoms with Gasteiger partial charge in [0, 0.05) is 11.3 Å². The van der Waals surface area contributed by atoms with Crippen LogP contribution in [0.1, 0.15) is 73.3 Å². The number of Topliss-reactive ketones (excluding diaryl/α,β-unsaturated/α-hetero) is 1. The van der Waals surface area contributed by atoms with Crippen molar-refractivity contribution >= 4 is 29.1 Å². The molecule has 0 aliphatic carbocycles. The van der Waals surface area contributed by atoms with Crippen molar-refractivity contribution in [1.82, 2.24) is 0 Å². The van der Waals surface area contributed by atoms with Gasteiger partial charge >= 0.3 is 5.97 Å². The monoisotopic (exact) mass is 527 g/mol. The van der Waals surface area contributed by atoms with Crippen molar-refractivity contribution in [2.75, 3.05) is 4.90 Å². The number of aliphatic hydroxyl groups excluding tert-OH is 1. The van der Waals surface area contributed by atoms with E-state index < -0.39 is 23.7 Å². The molecule has 7 nitrogen and oxygen atoms in total. The fraction of sp³-hybridized carbons (Fsp3) is 0.281. The van der Waals surface area contributed by atoms with Gasteiger partial charge < -0.3 is 14.9 Å². The maximum atomic E-state index is 13.6. The molecule has 1 aliphatic rings. The summed E-state index contributed by atoms with van der Waals surface area (Å²) in [6.45, 7) is 11.5. The summed E-state index contributed by atoms with van der Waals surface area (Å²) in [7, 11) is 0. The zero-order valence-corrected chi connectivity index (χ0v) is 23.0. The Balaban J connectivity index is 1.93. The molecule has 39 heavy (non-hydrogen) atoms. The molecule has 0 bridgehead atoms. The van der Waals surface area contributed by atoms with E-state index in [0.717, 1.165) is 11.1 Å². The number of hydrogen-bond donors (Lipinski definition) is 2. The average Bonchev–Trinajstić information content (AvgIpc) is 3.13. The Bertz CT molecular complexity index is 1480. The number of phenolic OH excluding ortho intramolecular Hbond substituents is 1. The predicted octanol–water partition coefficient (Wildman–Crippen LogP) is 6.19. The maximum absolute atomic E-state index is 13.6. The molecule has 0 aromatic heterocycles. The van der Waals surface area contributed by atoms with Gasteiger partial charge in [-0.2, -0.15) is 0 Å². The number of aryl methyl sites for hydroxylation is 1. The molecule has 0 spiro atoms. The Morgan fingerprint density at radius 1 is 0.974 bits per heavy atom. The fourth-order valence-electron chi connectivity index (χ4n) is 4.62. The number of carbonyl (C=O) groups is 3. The van der Waals surface area contributed by atoms with Crippen molar-refractivity contribution in [1.29, 1.82) is 0 Å². The van der Waals surface area contributed by atoms with E-state index in [-0.39, 0.29) is 34.2 Å². The zero-order chi connectivity index (χ0) is 28.6. The molecule has 1 atom stereocenters. The first kappa shape index (κ1) is 27.6. The second kappa shape index (κ2) is 10.4. The normalized spacial score (nSPS) is 17.1. The summed E-state index contributed by atoms with van der Waals surface area (Å²) in [5, 5.41) is 21.5. The molecule has 202 valence electrons. The molecule has 1 unspecified atom stereocenters. The number of aromatic hydroxyl groups is 1. The van der Waals surface area contributed by atoms with Crippen LogP contribution in [0.4, 0.5) is 5.69 Å². The van der Waals surface area contributed by atoms with Crippen LogP contribution in [0, 0.1) is 6.92 Å².